The Morgan fingerprint density at radius 1 is 0.970 bits per heavy atom. The number of fused-ring (bicyclic) bond motifs is 1. The largest absolute Gasteiger partial charge is 0.502 e. The highest BCUT2D eigenvalue weighted by Gasteiger charge is 2.23. The average Bonchev–Trinajstić information content (AvgIpc) is 3.68. The summed E-state index contributed by atoms with van der Waals surface area (Å²) in [6.07, 6.45) is 13.7. The molecule has 1 aliphatic rings. The lowest BCUT2D eigenvalue weighted by atomic mass is 10.0. The fraction of sp³-hybridized carbons (Fsp3) is 0.429. The number of unbranched alkanes of at least 4 members (excludes halogenated alkanes) is 6. The summed E-state index contributed by atoms with van der Waals surface area (Å²) < 4.78 is 16.5. The average molecular weight is 448 g/mol. The molecule has 2 aromatic heterocycles. The van der Waals surface area contributed by atoms with E-state index in [2.05, 4.69) is 23.7 Å². The van der Waals surface area contributed by atoms with Gasteiger partial charge in [0.2, 0.25) is 5.88 Å². The summed E-state index contributed by atoms with van der Waals surface area (Å²) in [5.74, 6) is 1.26. The first-order chi connectivity index (χ1) is 16.2. The van der Waals surface area contributed by atoms with Crippen LogP contribution < -0.4 is 10.4 Å². The highest BCUT2D eigenvalue weighted by Crippen LogP contribution is 2.40. The zero-order valence-corrected chi connectivity index (χ0v) is 19.3. The van der Waals surface area contributed by atoms with E-state index in [1.165, 1.54) is 50.4 Å². The SMILES string of the molecule is C=COCCCCCCCCCOc1cc2cc(-c3ccc(C4CC4)cc3)c(=O)oc2cn1. The standard InChI is InChI=1S/C28H33NO4/c1-2-31-16-8-6-4-3-5-7-9-17-32-27-19-24-18-25(28(30)33-26(24)20-29-27)23-14-12-22(13-15-23)21-10-11-21/h2,12-15,18-21H,1,3-11,16-17H2. The van der Waals surface area contributed by atoms with Crippen LogP contribution in [0.3, 0.4) is 0 Å². The molecule has 0 aliphatic heterocycles. The molecule has 0 radical (unpaired) electrons. The maximum atomic E-state index is 12.5. The molecule has 0 unspecified atom stereocenters. The Kier molecular flexibility index (Phi) is 8.18. The van der Waals surface area contributed by atoms with Crippen molar-refractivity contribution in [3.63, 3.8) is 0 Å². The Labute approximate surface area is 195 Å². The lowest BCUT2D eigenvalue weighted by Gasteiger charge is -2.07. The summed E-state index contributed by atoms with van der Waals surface area (Å²) >= 11 is 0. The van der Waals surface area contributed by atoms with Gasteiger partial charge in [-0.15, -0.1) is 0 Å². The summed E-state index contributed by atoms with van der Waals surface area (Å²) in [5, 5.41) is 0.821. The van der Waals surface area contributed by atoms with Gasteiger partial charge in [0.05, 0.1) is 31.2 Å². The van der Waals surface area contributed by atoms with Crippen molar-refractivity contribution in [1.82, 2.24) is 4.98 Å². The fourth-order valence-electron chi connectivity index (χ4n) is 4.07. The minimum Gasteiger partial charge on any atom is -0.502 e. The number of hydrogen-bond donors (Lipinski definition) is 0. The molecular formula is C28H33NO4. The molecule has 0 N–H and O–H groups in total. The third-order valence-electron chi connectivity index (χ3n) is 6.14. The van der Waals surface area contributed by atoms with Crippen LogP contribution in [0.15, 0.2) is 64.6 Å². The van der Waals surface area contributed by atoms with Crippen LogP contribution in [0.25, 0.3) is 22.1 Å². The van der Waals surface area contributed by atoms with Crippen molar-refractivity contribution in [3.05, 3.63) is 71.4 Å². The molecule has 0 bridgehead atoms. The number of nitrogens with zero attached hydrogens (tertiary/aromatic N) is 1. The number of pyridine rings is 1. The minimum absolute atomic E-state index is 0.342. The molecule has 1 aromatic carbocycles. The van der Waals surface area contributed by atoms with Gasteiger partial charge in [0.1, 0.15) is 0 Å². The number of hydrogen-bond acceptors (Lipinski definition) is 5. The molecule has 0 saturated heterocycles. The Hall–Kier alpha value is -3.08. The van der Waals surface area contributed by atoms with Crippen LogP contribution >= 0.6 is 0 Å². The molecule has 1 aliphatic carbocycles. The first kappa shape index (κ1) is 23.1. The van der Waals surface area contributed by atoms with Gasteiger partial charge in [-0.1, -0.05) is 62.9 Å². The molecule has 5 heteroatoms. The van der Waals surface area contributed by atoms with Crippen molar-refractivity contribution in [2.75, 3.05) is 13.2 Å². The maximum absolute atomic E-state index is 12.5. The number of rotatable bonds is 14. The van der Waals surface area contributed by atoms with E-state index in [1.54, 1.807) is 6.20 Å². The molecular weight excluding hydrogens is 414 g/mol. The zero-order chi connectivity index (χ0) is 22.9. The van der Waals surface area contributed by atoms with E-state index in [0.29, 0.717) is 29.6 Å². The maximum Gasteiger partial charge on any atom is 0.344 e. The van der Waals surface area contributed by atoms with E-state index in [1.807, 2.05) is 24.3 Å². The second-order valence-electron chi connectivity index (χ2n) is 8.76. The minimum atomic E-state index is -0.342. The monoisotopic (exact) mass is 447 g/mol. The van der Waals surface area contributed by atoms with Crippen molar-refractivity contribution in [3.8, 4) is 17.0 Å². The Morgan fingerprint density at radius 2 is 1.67 bits per heavy atom. The van der Waals surface area contributed by atoms with Crippen LogP contribution in [0.5, 0.6) is 5.88 Å². The third kappa shape index (κ3) is 6.70. The van der Waals surface area contributed by atoms with Gasteiger partial charge < -0.3 is 13.9 Å². The molecule has 0 spiro atoms. The van der Waals surface area contributed by atoms with Crippen LogP contribution in [0.4, 0.5) is 0 Å². The molecule has 0 atom stereocenters. The Morgan fingerprint density at radius 3 is 2.36 bits per heavy atom. The summed E-state index contributed by atoms with van der Waals surface area (Å²) in [5.41, 5.74) is 2.93. The van der Waals surface area contributed by atoms with Crippen LogP contribution in [-0.2, 0) is 4.74 Å². The molecule has 1 fully saturated rings. The van der Waals surface area contributed by atoms with E-state index < -0.39 is 0 Å². The molecule has 174 valence electrons. The fourth-order valence-corrected chi connectivity index (χ4v) is 4.07. The topological polar surface area (TPSA) is 61.6 Å². The summed E-state index contributed by atoms with van der Waals surface area (Å²) in [6, 6.07) is 12.0. The van der Waals surface area contributed by atoms with Gasteiger partial charge in [-0.05, 0) is 48.8 Å². The smallest absolute Gasteiger partial charge is 0.344 e. The molecule has 1 saturated carbocycles. The summed E-state index contributed by atoms with van der Waals surface area (Å²) in [4.78, 5) is 16.8. The van der Waals surface area contributed by atoms with Crippen molar-refractivity contribution in [1.29, 1.82) is 0 Å². The van der Waals surface area contributed by atoms with Crippen molar-refractivity contribution < 1.29 is 13.9 Å². The summed E-state index contributed by atoms with van der Waals surface area (Å²) in [6.45, 7) is 4.95. The van der Waals surface area contributed by atoms with Crippen molar-refractivity contribution in [2.45, 2.75) is 63.7 Å². The quantitative estimate of drug-likeness (QED) is 0.197. The van der Waals surface area contributed by atoms with E-state index in [-0.39, 0.29) is 5.63 Å². The second kappa shape index (κ2) is 11.7. The summed E-state index contributed by atoms with van der Waals surface area (Å²) in [7, 11) is 0. The van der Waals surface area contributed by atoms with Crippen molar-refractivity contribution >= 4 is 11.0 Å². The van der Waals surface area contributed by atoms with Crippen LogP contribution in [-0.4, -0.2) is 18.2 Å². The first-order valence-corrected chi connectivity index (χ1v) is 12.1. The first-order valence-electron chi connectivity index (χ1n) is 12.1. The van der Waals surface area contributed by atoms with Crippen LogP contribution in [0.2, 0.25) is 0 Å². The van der Waals surface area contributed by atoms with E-state index >= 15 is 0 Å². The van der Waals surface area contributed by atoms with Crippen LogP contribution in [0, 0.1) is 0 Å². The van der Waals surface area contributed by atoms with Gasteiger partial charge in [0.15, 0.2) is 5.58 Å². The molecule has 33 heavy (non-hydrogen) atoms. The Balaban J connectivity index is 1.26. The van der Waals surface area contributed by atoms with Gasteiger partial charge in [-0.2, -0.15) is 0 Å². The van der Waals surface area contributed by atoms with Gasteiger partial charge in [-0.25, -0.2) is 9.78 Å². The lowest BCUT2D eigenvalue weighted by Crippen LogP contribution is -2.04. The predicted octanol–water partition coefficient (Wildman–Crippen LogP) is 7.00. The Bertz CT molecular complexity index is 1100. The van der Waals surface area contributed by atoms with E-state index in [4.69, 9.17) is 13.9 Å². The van der Waals surface area contributed by atoms with Gasteiger partial charge in [0.25, 0.3) is 0 Å². The normalized spacial score (nSPS) is 13.2. The van der Waals surface area contributed by atoms with Crippen molar-refractivity contribution in [2.24, 2.45) is 0 Å². The molecule has 5 nitrogen and oxygen atoms in total. The molecule has 3 aromatic rings. The third-order valence-corrected chi connectivity index (χ3v) is 6.14. The number of ether oxygens (including phenoxy) is 2. The van der Waals surface area contributed by atoms with E-state index in [0.717, 1.165) is 36.8 Å². The molecule has 0 amide bonds. The zero-order valence-electron chi connectivity index (χ0n) is 19.3. The van der Waals surface area contributed by atoms with Gasteiger partial charge >= 0.3 is 5.63 Å². The highest BCUT2D eigenvalue weighted by molar-refractivity contribution is 5.81. The lowest BCUT2D eigenvalue weighted by molar-refractivity contribution is 0.241. The number of aromatic nitrogens is 1. The molecule has 4 rings (SSSR count). The van der Waals surface area contributed by atoms with Crippen LogP contribution in [0.1, 0.15) is 69.3 Å². The second-order valence-corrected chi connectivity index (χ2v) is 8.76. The number of benzene rings is 1. The van der Waals surface area contributed by atoms with Gasteiger partial charge in [0, 0.05) is 11.5 Å². The predicted molar refractivity (Wildman–Crippen MR) is 132 cm³/mol. The highest BCUT2D eigenvalue weighted by atomic mass is 16.5. The molecule has 2 heterocycles. The van der Waals surface area contributed by atoms with Gasteiger partial charge in [-0.3, -0.25) is 0 Å². The van der Waals surface area contributed by atoms with E-state index in [9.17, 15) is 4.79 Å².